The highest BCUT2D eigenvalue weighted by Crippen LogP contribution is 2.61. The highest BCUT2D eigenvalue weighted by atomic mass is 19.4. The van der Waals surface area contributed by atoms with Crippen molar-refractivity contribution in [1.82, 2.24) is 9.80 Å². The fourth-order valence-electron chi connectivity index (χ4n) is 5.61. The van der Waals surface area contributed by atoms with Crippen molar-refractivity contribution >= 4 is 17.5 Å². The van der Waals surface area contributed by atoms with Gasteiger partial charge in [-0.15, -0.1) is 0 Å². The van der Waals surface area contributed by atoms with Crippen LogP contribution in [0.1, 0.15) is 48.0 Å². The van der Waals surface area contributed by atoms with E-state index in [9.17, 15) is 36.6 Å². The van der Waals surface area contributed by atoms with Crippen molar-refractivity contribution in [2.75, 3.05) is 39.0 Å². The Labute approximate surface area is 223 Å². The van der Waals surface area contributed by atoms with Crippen molar-refractivity contribution in [2.24, 2.45) is 11.3 Å². The summed E-state index contributed by atoms with van der Waals surface area (Å²) >= 11 is 0. The minimum absolute atomic E-state index is 0.0354. The number of nitrogens with one attached hydrogen (secondary N) is 1. The summed E-state index contributed by atoms with van der Waals surface area (Å²) in [4.78, 5) is 27.1. The molecule has 2 amide bonds. The van der Waals surface area contributed by atoms with E-state index in [2.05, 4.69) is 5.32 Å². The van der Waals surface area contributed by atoms with Crippen LogP contribution >= 0.6 is 0 Å². The molecule has 1 saturated heterocycles. The number of amides is 2. The second-order valence-electron chi connectivity index (χ2n) is 10.7. The summed E-state index contributed by atoms with van der Waals surface area (Å²) in [6, 6.07) is 8.58. The van der Waals surface area contributed by atoms with Crippen LogP contribution in [-0.4, -0.2) is 66.6 Å². The van der Waals surface area contributed by atoms with E-state index >= 15 is 0 Å². The topological polar surface area (TPSA) is 72.9 Å². The first-order valence-electron chi connectivity index (χ1n) is 12.9. The Bertz CT molecular complexity index is 1190. The molecule has 6 nitrogen and oxygen atoms in total. The maximum Gasteiger partial charge on any atom is 0.430 e. The largest absolute Gasteiger partial charge is 0.430 e. The summed E-state index contributed by atoms with van der Waals surface area (Å²) in [5, 5.41) is 13.6. The number of nitrogens with zero attached hydrogens (tertiary/aromatic N) is 2. The van der Waals surface area contributed by atoms with Crippen LogP contribution in [0.25, 0.3) is 0 Å². The molecule has 2 atom stereocenters. The Morgan fingerprint density at radius 2 is 1.67 bits per heavy atom. The van der Waals surface area contributed by atoms with Crippen LogP contribution in [0.15, 0.2) is 42.5 Å². The summed E-state index contributed by atoms with van der Waals surface area (Å²) in [5.74, 6) is -3.64. The number of piperidine rings is 1. The van der Waals surface area contributed by atoms with E-state index in [1.165, 1.54) is 32.3 Å². The van der Waals surface area contributed by atoms with E-state index in [1.807, 2.05) is 0 Å². The molecule has 2 fully saturated rings. The Balaban J connectivity index is 1.27. The molecule has 2 aromatic rings. The van der Waals surface area contributed by atoms with Gasteiger partial charge in [0.25, 0.3) is 17.4 Å². The van der Waals surface area contributed by atoms with Crippen molar-refractivity contribution in [3.63, 3.8) is 0 Å². The summed E-state index contributed by atoms with van der Waals surface area (Å²) < 4.78 is 70.3. The zero-order valence-electron chi connectivity index (χ0n) is 21.8. The first-order valence-corrected chi connectivity index (χ1v) is 12.9. The van der Waals surface area contributed by atoms with Crippen LogP contribution in [0.5, 0.6) is 0 Å². The first kappa shape index (κ1) is 28.8. The molecule has 2 aromatic carbocycles. The molecule has 4 rings (SSSR count). The maximum atomic E-state index is 14.3. The average molecular weight is 554 g/mol. The number of carbonyl (C=O) groups excluding carboxylic acids is 2. The number of rotatable bonds is 8. The number of likely N-dealkylation sites (tertiary alicyclic amines) is 1. The summed E-state index contributed by atoms with van der Waals surface area (Å²) in [7, 11) is 2.82. The van der Waals surface area contributed by atoms with Gasteiger partial charge in [-0.2, -0.15) is 13.2 Å². The zero-order valence-corrected chi connectivity index (χ0v) is 21.8. The number of anilines is 1. The van der Waals surface area contributed by atoms with Gasteiger partial charge in [-0.3, -0.25) is 9.59 Å². The molecule has 2 N–H and O–H groups in total. The maximum absolute atomic E-state index is 14.3. The molecule has 212 valence electrons. The van der Waals surface area contributed by atoms with E-state index in [0.717, 1.165) is 46.9 Å². The predicted octanol–water partition coefficient (Wildman–Crippen LogP) is 4.94. The molecule has 1 saturated carbocycles. The van der Waals surface area contributed by atoms with Crippen LogP contribution in [-0.2, 0) is 10.4 Å². The number of carbonyl (C=O) groups is 2. The second-order valence-corrected chi connectivity index (χ2v) is 10.7. The molecule has 0 bridgehead atoms. The SMILES string of the molecule is CN(C)C(=O)c1c(F)cc(NCCC[C@H]2CC23CCN(C(=O)C(O)(c2ccccc2)C(F)(F)F)CC3)cc1F. The quantitative estimate of drug-likeness (QED) is 0.359. The van der Waals surface area contributed by atoms with Gasteiger partial charge in [-0.05, 0) is 55.6 Å². The molecule has 1 heterocycles. The number of halogens is 5. The third kappa shape index (κ3) is 5.59. The van der Waals surface area contributed by atoms with Crippen LogP contribution in [0.2, 0.25) is 0 Å². The van der Waals surface area contributed by atoms with E-state index in [0.29, 0.717) is 31.7 Å². The van der Waals surface area contributed by atoms with Crippen LogP contribution in [0.3, 0.4) is 0 Å². The average Bonchev–Trinajstić information content (AvgIpc) is 3.56. The molecule has 2 aliphatic rings. The second kappa shape index (κ2) is 10.7. The molecular formula is C28H32F5N3O3. The van der Waals surface area contributed by atoms with E-state index in [4.69, 9.17) is 0 Å². The molecule has 1 spiro atoms. The highest BCUT2D eigenvalue weighted by molar-refractivity contribution is 5.94. The lowest BCUT2D eigenvalue weighted by Crippen LogP contribution is -2.57. The van der Waals surface area contributed by atoms with Crippen LogP contribution in [0, 0.1) is 23.0 Å². The standard InChI is InChI=1S/C28H32F5N3O3/c1-35(2)24(37)23-21(29)15-20(16-22(23)30)34-12-6-9-19-17-26(19)10-13-36(14-11-26)25(38)27(39,28(31,32)33)18-7-4-3-5-8-18/h3-5,7-8,15-16,19,34,39H,6,9-14,17H2,1-2H3/t19-,27?/m0/s1. The van der Waals surface area contributed by atoms with Crippen molar-refractivity contribution in [3.05, 3.63) is 65.2 Å². The normalized spacial score (nSPS) is 19.9. The Morgan fingerprint density at radius 3 is 2.21 bits per heavy atom. The fourth-order valence-corrected chi connectivity index (χ4v) is 5.61. The van der Waals surface area contributed by atoms with Crippen molar-refractivity contribution in [3.8, 4) is 0 Å². The van der Waals surface area contributed by atoms with Gasteiger partial charge in [0.05, 0.1) is 0 Å². The third-order valence-electron chi connectivity index (χ3n) is 8.04. The lowest BCUT2D eigenvalue weighted by Gasteiger charge is -2.39. The smallest absolute Gasteiger partial charge is 0.385 e. The Hall–Kier alpha value is -3.21. The fraction of sp³-hybridized carbons (Fsp3) is 0.500. The minimum atomic E-state index is -5.16. The van der Waals surface area contributed by atoms with Gasteiger partial charge in [-0.25, -0.2) is 8.78 Å². The number of alkyl halides is 3. The summed E-state index contributed by atoms with van der Waals surface area (Å²) in [5.41, 5.74) is -4.50. The first-order chi connectivity index (χ1) is 18.3. The summed E-state index contributed by atoms with van der Waals surface area (Å²) in [6.45, 7) is 0.720. The number of hydrogen-bond acceptors (Lipinski definition) is 4. The molecule has 39 heavy (non-hydrogen) atoms. The van der Waals surface area contributed by atoms with Crippen molar-refractivity contribution in [2.45, 2.75) is 43.9 Å². The molecule has 0 aromatic heterocycles. The van der Waals surface area contributed by atoms with Crippen molar-refractivity contribution < 1.29 is 36.6 Å². The molecule has 1 unspecified atom stereocenters. The molecule has 1 aliphatic carbocycles. The van der Waals surface area contributed by atoms with Gasteiger partial charge in [0.15, 0.2) is 0 Å². The van der Waals surface area contributed by atoms with Crippen molar-refractivity contribution in [1.29, 1.82) is 0 Å². The van der Waals surface area contributed by atoms with Crippen LogP contribution in [0.4, 0.5) is 27.6 Å². The monoisotopic (exact) mass is 553 g/mol. The lowest BCUT2D eigenvalue weighted by molar-refractivity contribution is -0.262. The molecule has 1 aliphatic heterocycles. The zero-order chi connectivity index (χ0) is 28.6. The number of benzene rings is 2. The van der Waals surface area contributed by atoms with Gasteiger partial charge >= 0.3 is 6.18 Å². The Kier molecular flexibility index (Phi) is 7.93. The van der Waals surface area contributed by atoms with E-state index in [-0.39, 0.29) is 24.2 Å². The third-order valence-corrected chi connectivity index (χ3v) is 8.04. The van der Waals surface area contributed by atoms with Gasteiger partial charge in [0, 0.05) is 45.0 Å². The van der Waals surface area contributed by atoms with Gasteiger partial charge < -0.3 is 20.2 Å². The highest BCUT2D eigenvalue weighted by Gasteiger charge is 2.63. The van der Waals surface area contributed by atoms with Gasteiger partial charge in [0.2, 0.25) is 0 Å². The number of aliphatic hydroxyl groups is 1. The Morgan fingerprint density at radius 1 is 1.08 bits per heavy atom. The van der Waals surface area contributed by atoms with Gasteiger partial charge in [0.1, 0.15) is 17.2 Å². The molecule has 11 heteroatoms. The molecular weight excluding hydrogens is 521 g/mol. The van der Waals surface area contributed by atoms with Crippen LogP contribution < -0.4 is 5.32 Å². The predicted molar refractivity (Wildman–Crippen MR) is 135 cm³/mol. The van der Waals surface area contributed by atoms with E-state index in [1.54, 1.807) is 0 Å². The lowest BCUT2D eigenvalue weighted by atomic mass is 9.86. The van der Waals surface area contributed by atoms with Gasteiger partial charge in [-0.1, -0.05) is 30.3 Å². The minimum Gasteiger partial charge on any atom is -0.385 e. The molecule has 0 radical (unpaired) electrons. The number of hydrogen-bond donors (Lipinski definition) is 2. The van der Waals surface area contributed by atoms with E-state index < -0.39 is 46.4 Å². The summed E-state index contributed by atoms with van der Waals surface area (Å²) in [6.07, 6.45) is -1.63.